The highest BCUT2D eigenvalue weighted by Gasteiger charge is 2.37. The molecule has 0 spiro atoms. The van der Waals surface area contributed by atoms with Gasteiger partial charge in [-0.05, 0) is 49.4 Å². The number of benzene rings is 1. The van der Waals surface area contributed by atoms with Crippen LogP contribution < -0.4 is 10.2 Å². The van der Waals surface area contributed by atoms with E-state index in [9.17, 15) is 14.4 Å². The van der Waals surface area contributed by atoms with Crippen LogP contribution >= 0.6 is 11.8 Å². The van der Waals surface area contributed by atoms with E-state index < -0.39 is 17.8 Å². The standard InChI is InChI=1S/C21H16N2O5S/c1-13-4-6-14(7-5-13)23-20(25)17(19(24)22-21(23)26)11-15-8-9-18(28-15)29-12-16-3-2-10-27-16/h2-11H,12H2,1H3,(H,22,24,26). The number of barbiturate groups is 1. The molecule has 1 N–H and O–H groups in total. The summed E-state index contributed by atoms with van der Waals surface area (Å²) in [6, 6.07) is 13.2. The largest absolute Gasteiger partial charge is 0.468 e. The molecule has 1 saturated heterocycles. The predicted molar refractivity (Wildman–Crippen MR) is 107 cm³/mol. The fourth-order valence-electron chi connectivity index (χ4n) is 2.75. The first-order valence-corrected chi connectivity index (χ1v) is 9.73. The van der Waals surface area contributed by atoms with E-state index in [2.05, 4.69) is 5.32 Å². The molecule has 1 aliphatic heterocycles. The molecule has 0 aliphatic carbocycles. The first-order valence-electron chi connectivity index (χ1n) is 8.74. The van der Waals surface area contributed by atoms with Crippen molar-refractivity contribution in [1.29, 1.82) is 0 Å². The van der Waals surface area contributed by atoms with Crippen molar-refractivity contribution in [2.75, 3.05) is 4.90 Å². The third-order valence-electron chi connectivity index (χ3n) is 4.22. The second-order valence-corrected chi connectivity index (χ2v) is 7.30. The summed E-state index contributed by atoms with van der Waals surface area (Å²) in [7, 11) is 0. The van der Waals surface area contributed by atoms with Crippen molar-refractivity contribution in [2.45, 2.75) is 17.8 Å². The minimum absolute atomic E-state index is 0.179. The second kappa shape index (κ2) is 7.84. The Kier molecular flexibility index (Phi) is 5.09. The Morgan fingerprint density at radius 2 is 1.86 bits per heavy atom. The number of carbonyl (C=O) groups is 3. The third-order valence-corrected chi connectivity index (χ3v) is 5.15. The van der Waals surface area contributed by atoms with E-state index in [4.69, 9.17) is 8.83 Å². The van der Waals surface area contributed by atoms with Crippen LogP contribution in [0, 0.1) is 6.92 Å². The fourth-order valence-corrected chi connectivity index (χ4v) is 3.52. The van der Waals surface area contributed by atoms with Crippen molar-refractivity contribution in [3.63, 3.8) is 0 Å². The second-order valence-electron chi connectivity index (χ2n) is 6.32. The molecule has 1 aromatic carbocycles. The van der Waals surface area contributed by atoms with Crippen molar-refractivity contribution in [3.8, 4) is 0 Å². The Morgan fingerprint density at radius 1 is 1.07 bits per heavy atom. The van der Waals surface area contributed by atoms with Gasteiger partial charge in [0.2, 0.25) is 0 Å². The van der Waals surface area contributed by atoms with Gasteiger partial charge < -0.3 is 8.83 Å². The number of aryl methyl sites for hydroxylation is 1. The monoisotopic (exact) mass is 408 g/mol. The zero-order valence-corrected chi connectivity index (χ0v) is 16.2. The first-order chi connectivity index (χ1) is 14.0. The number of nitrogens with zero attached hydrogens (tertiary/aromatic N) is 1. The lowest BCUT2D eigenvalue weighted by Crippen LogP contribution is -2.54. The summed E-state index contributed by atoms with van der Waals surface area (Å²) in [6.07, 6.45) is 2.94. The van der Waals surface area contributed by atoms with E-state index in [1.165, 1.54) is 17.8 Å². The fraction of sp³-hybridized carbons (Fsp3) is 0.0952. The summed E-state index contributed by atoms with van der Waals surface area (Å²) in [5.74, 6) is 0.267. The summed E-state index contributed by atoms with van der Waals surface area (Å²) >= 11 is 1.42. The Morgan fingerprint density at radius 3 is 2.59 bits per heavy atom. The maximum absolute atomic E-state index is 12.8. The molecule has 1 aliphatic rings. The highest BCUT2D eigenvalue weighted by molar-refractivity contribution is 7.98. The van der Waals surface area contributed by atoms with Crippen LogP contribution in [0.2, 0.25) is 0 Å². The van der Waals surface area contributed by atoms with E-state index in [0.29, 0.717) is 22.3 Å². The van der Waals surface area contributed by atoms with Crippen LogP contribution in [0.1, 0.15) is 17.1 Å². The number of rotatable bonds is 5. The maximum Gasteiger partial charge on any atom is 0.335 e. The predicted octanol–water partition coefficient (Wildman–Crippen LogP) is 4.14. The lowest BCUT2D eigenvalue weighted by molar-refractivity contribution is -0.122. The lowest BCUT2D eigenvalue weighted by atomic mass is 10.1. The number of urea groups is 1. The molecule has 7 nitrogen and oxygen atoms in total. The zero-order chi connectivity index (χ0) is 20.4. The normalized spacial score (nSPS) is 15.8. The number of carbonyl (C=O) groups excluding carboxylic acids is 3. The molecule has 8 heteroatoms. The molecular weight excluding hydrogens is 392 g/mol. The minimum Gasteiger partial charge on any atom is -0.468 e. The molecule has 4 rings (SSSR count). The van der Waals surface area contributed by atoms with Gasteiger partial charge in [-0.1, -0.05) is 29.5 Å². The molecule has 29 heavy (non-hydrogen) atoms. The quantitative estimate of drug-likeness (QED) is 0.387. The van der Waals surface area contributed by atoms with E-state index in [0.717, 1.165) is 16.2 Å². The molecular formula is C21H16N2O5S. The Balaban J connectivity index is 1.55. The van der Waals surface area contributed by atoms with Crippen molar-refractivity contribution in [3.05, 3.63) is 77.5 Å². The van der Waals surface area contributed by atoms with Crippen LogP contribution in [0.5, 0.6) is 0 Å². The smallest absolute Gasteiger partial charge is 0.335 e. The minimum atomic E-state index is -0.782. The number of anilines is 1. The molecule has 4 amide bonds. The van der Waals surface area contributed by atoms with Crippen LogP contribution in [-0.4, -0.2) is 17.8 Å². The number of thioether (sulfide) groups is 1. The highest BCUT2D eigenvalue weighted by atomic mass is 32.2. The highest BCUT2D eigenvalue weighted by Crippen LogP contribution is 2.27. The van der Waals surface area contributed by atoms with Crippen LogP contribution in [0.25, 0.3) is 6.08 Å². The number of nitrogens with one attached hydrogen (secondary N) is 1. The third kappa shape index (κ3) is 4.02. The molecule has 3 heterocycles. The first kappa shape index (κ1) is 18.8. The summed E-state index contributed by atoms with van der Waals surface area (Å²) < 4.78 is 10.9. The number of hydrogen-bond acceptors (Lipinski definition) is 6. The van der Waals surface area contributed by atoms with E-state index >= 15 is 0 Å². The topological polar surface area (TPSA) is 92.8 Å². The van der Waals surface area contributed by atoms with Crippen LogP contribution in [0.15, 0.2) is 74.3 Å². The van der Waals surface area contributed by atoms with Gasteiger partial charge in [-0.15, -0.1) is 0 Å². The van der Waals surface area contributed by atoms with Gasteiger partial charge in [0, 0.05) is 0 Å². The Hall–Kier alpha value is -3.52. The molecule has 0 saturated carbocycles. The molecule has 0 atom stereocenters. The van der Waals surface area contributed by atoms with Gasteiger partial charge in [0.05, 0.1) is 17.7 Å². The van der Waals surface area contributed by atoms with Gasteiger partial charge in [0.15, 0.2) is 5.09 Å². The van der Waals surface area contributed by atoms with Gasteiger partial charge in [-0.3, -0.25) is 14.9 Å². The van der Waals surface area contributed by atoms with Crippen LogP contribution in [-0.2, 0) is 15.3 Å². The van der Waals surface area contributed by atoms with Gasteiger partial charge in [-0.25, -0.2) is 9.69 Å². The zero-order valence-electron chi connectivity index (χ0n) is 15.4. The number of imide groups is 2. The van der Waals surface area contributed by atoms with Crippen molar-refractivity contribution in [1.82, 2.24) is 5.32 Å². The number of furan rings is 2. The summed E-state index contributed by atoms with van der Waals surface area (Å²) in [4.78, 5) is 38.2. The summed E-state index contributed by atoms with van der Waals surface area (Å²) in [5, 5.41) is 2.81. The molecule has 3 aromatic rings. The molecule has 146 valence electrons. The molecule has 0 radical (unpaired) electrons. The molecule has 1 fully saturated rings. The lowest BCUT2D eigenvalue weighted by Gasteiger charge is -2.26. The van der Waals surface area contributed by atoms with Crippen molar-refractivity contribution >= 4 is 41.4 Å². The average molecular weight is 408 g/mol. The molecule has 2 aromatic heterocycles. The Bertz CT molecular complexity index is 1100. The summed E-state index contributed by atoms with van der Waals surface area (Å²) in [5.41, 5.74) is 1.19. The van der Waals surface area contributed by atoms with Gasteiger partial charge in [0.25, 0.3) is 11.8 Å². The maximum atomic E-state index is 12.8. The van der Waals surface area contributed by atoms with Gasteiger partial charge in [0.1, 0.15) is 17.1 Å². The van der Waals surface area contributed by atoms with Crippen LogP contribution in [0.3, 0.4) is 0 Å². The molecule has 0 unspecified atom stereocenters. The van der Waals surface area contributed by atoms with E-state index in [1.54, 1.807) is 42.7 Å². The number of hydrogen-bond donors (Lipinski definition) is 1. The SMILES string of the molecule is Cc1ccc(N2C(=O)NC(=O)C(=Cc3ccc(SCc4ccco4)o3)C2=O)cc1. The Labute approximate surface area is 170 Å². The van der Waals surface area contributed by atoms with Gasteiger partial charge in [-0.2, -0.15) is 0 Å². The number of amides is 4. The average Bonchev–Trinajstić information content (AvgIpc) is 3.36. The van der Waals surface area contributed by atoms with E-state index in [-0.39, 0.29) is 5.57 Å². The molecule has 0 bridgehead atoms. The van der Waals surface area contributed by atoms with Gasteiger partial charge >= 0.3 is 6.03 Å². The summed E-state index contributed by atoms with van der Waals surface area (Å²) in [6.45, 7) is 1.90. The van der Waals surface area contributed by atoms with Crippen LogP contribution in [0.4, 0.5) is 10.5 Å². The van der Waals surface area contributed by atoms with Crippen molar-refractivity contribution < 1.29 is 23.2 Å². The van der Waals surface area contributed by atoms with E-state index in [1.807, 2.05) is 19.1 Å². The van der Waals surface area contributed by atoms with Crippen molar-refractivity contribution in [2.24, 2.45) is 0 Å².